The number of aromatic nitrogens is 1. The zero-order valence-electron chi connectivity index (χ0n) is 14.8. The molecule has 3 rings (SSSR count). The monoisotopic (exact) mass is 348 g/mol. The fraction of sp³-hybridized carbons (Fsp3) is 0.190. The number of fused-ring (bicyclic) bond motifs is 1. The lowest BCUT2D eigenvalue weighted by Crippen LogP contribution is -2.28. The van der Waals surface area contributed by atoms with E-state index in [0.29, 0.717) is 16.8 Å². The highest BCUT2D eigenvalue weighted by Gasteiger charge is 2.18. The third-order valence-electron chi connectivity index (χ3n) is 4.39. The Morgan fingerprint density at radius 2 is 1.81 bits per heavy atom. The Morgan fingerprint density at radius 1 is 1.08 bits per heavy atom. The second-order valence-corrected chi connectivity index (χ2v) is 6.01. The Hall–Kier alpha value is -3.21. The molecule has 0 radical (unpaired) electrons. The van der Waals surface area contributed by atoms with Crippen molar-refractivity contribution < 1.29 is 14.3 Å². The van der Waals surface area contributed by atoms with Crippen molar-refractivity contribution in [3.05, 3.63) is 71.2 Å². The van der Waals surface area contributed by atoms with Crippen molar-refractivity contribution in [2.24, 2.45) is 0 Å². The SMILES string of the molecule is CCc1ccc2c(c1)c(OC)cc(=N)n2CC(=O)C(=O)c1ccccc1. The van der Waals surface area contributed by atoms with E-state index in [4.69, 9.17) is 10.1 Å². The van der Waals surface area contributed by atoms with Gasteiger partial charge in [0.1, 0.15) is 11.2 Å². The minimum Gasteiger partial charge on any atom is -0.496 e. The number of nitrogens with zero attached hydrogens (tertiary/aromatic N) is 1. The second-order valence-electron chi connectivity index (χ2n) is 6.01. The van der Waals surface area contributed by atoms with E-state index in [1.54, 1.807) is 48.1 Å². The maximum atomic E-state index is 12.5. The molecule has 2 aromatic carbocycles. The third-order valence-corrected chi connectivity index (χ3v) is 4.39. The first-order valence-corrected chi connectivity index (χ1v) is 8.42. The van der Waals surface area contributed by atoms with E-state index < -0.39 is 11.6 Å². The van der Waals surface area contributed by atoms with Gasteiger partial charge in [-0.3, -0.25) is 15.0 Å². The summed E-state index contributed by atoms with van der Waals surface area (Å²) in [5, 5.41) is 9.08. The van der Waals surface area contributed by atoms with E-state index in [0.717, 1.165) is 17.4 Å². The molecule has 0 aliphatic heterocycles. The average molecular weight is 348 g/mol. The maximum absolute atomic E-state index is 12.5. The molecule has 26 heavy (non-hydrogen) atoms. The number of hydrogen-bond donors (Lipinski definition) is 1. The van der Waals surface area contributed by atoms with Gasteiger partial charge in [-0.2, -0.15) is 0 Å². The molecule has 0 amide bonds. The van der Waals surface area contributed by atoms with Crippen LogP contribution in [-0.4, -0.2) is 23.2 Å². The Balaban J connectivity index is 2.05. The molecule has 0 atom stereocenters. The number of nitrogens with one attached hydrogen (secondary N) is 1. The van der Waals surface area contributed by atoms with Crippen molar-refractivity contribution in [2.75, 3.05) is 7.11 Å². The fourth-order valence-corrected chi connectivity index (χ4v) is 2.95. The van der Waals surface area contributed by atoms with Crippen LogP contribution >= 0.6 is 0 Å². The topological polar surface area (TPSA) is 72.2 Å². The molecular formula is C21H20N2O3. The summed E-state index contributed by atoms with van der Waals surface area (Å²) in [7, 11) is 1.56. The number of benzene rings is 2. The van der Waals surface area contributed by atoms with Gasteiger partial charge in [0.05, 0.1) is 19.2 Å². The number of methoxy groups -OCH3 is 1. The van der Waals surface area contributed by atoms with Crippen molar-refractivity contribution in [1.82, 2.24) is 4.57 Å². The molecule has 5 heteroatoms. The summed E-state index contributed by atoms with van der Waals surface area (Å²) in [6, 6.07) is 15.9. The van der Waals surface area contributed by atoms with Crippen molar-refractivity contribution in [3.8, 4) is 5.75 Å². The van der Waals surface area contributed by atoms with Gasteiger partial charge in [-0.05, 0) is 24.1 Å². The van der Waals surface area contributed by atoms with Gasteiger partial charge in [0.15, 0.2) is 0 Å². The van der Waals surface area contributed by atoms with Gasteiger partial charge in [-0.1, -0.05) is 43.3 Å². The molecule has 0 spiro atoms. The van der Waals surface area contributed by atoms with E-state index in [2.05, 4.69) is 6.92 Å². The molecule has 132 valence electrons. The highest BCUT2D eigenvalue weighted by molar-refractivity contribution is 6.43. The molecule has 0 aliphatic carbocycles. The number of ketones is 2. The highest BCUT2D eigenvalue weighted by Crippen LogP contribution is 2.25. The number of aryl methyl sites for hydroxylation is 1. The summed E-state index contributed by atoms with van der Waals surface area (Å²) in [5.74, 6) is -0.522. The minimum absolute atomic E-state index is 0.118. The van der Waals surface area contributed by atoms with Gasteiger partial charge >= 0.3 is 0 Å². The number of carbonyl (C=O) groups is 2. The molecule has 1 heterocycles. The molecule has 1 aromatic heterocycles. The Kier molecular flexibility index (Phi) is 4.98. The van der Waals surface area contributed by atoms with E-state index in [1.807, 2.05) is 18.2 Å². The van der Waals surface area contributed by atoms with Crippen LogP contribution in [0.1, 0.15) is 22.8 Å². The Labute approximate surface area is 151 Å². The van der Waals surface area contributed by atoms with Gasteiger partial charge in [0.25, 0.3) is 0 Å². The van der Waals surface area contributed by atoms with Crippen molar-refractivity contribution in [1.29, 1.82) is 5.41 Å². The van der Waals surface area contributed by atoms with Crippen LogP contribution in [0, 0.1) is 5.41 Å². The first kappa shape index (κ1) is 17.6. The molecule has 0 unspecified atom stereocenters. The predicted octanol–water partition coefficient (Wildman–Crippen LogP) is 3.14. The third kappa shape index (κ3) is 3.28. The molecule has 0 saturated carbocycles. The summed E-state index contributed by atoms with van der Waals surface area (Å²) in [4.78, 5) is 24.9. The van der Waals surface area contributed by atoms with Gasteiger partial charge < -0.3 is 9.30 Å². The van der Waals surface area contributed by atoms with Crippen molar-refractivity contribution in [3.63, 3.8) is 0 Å². The number of pyridine rings is 1. The zero-order valence-corrected chi connectivity index (χ0v) is 14.8. The lowest BCUT2D eigenvalue weighted by Gasteiger charge is -2.14. The molecule has 0 aliphatic rings. The Bertz CT molecular complexity index is 1040. The molecule has 5 nitrogen and oxygen atoms in total. The largest absolute Gasteiger partial charge is 0.496 e. The van der Waals surface area contributed by atoms with Gasteiger partial charge in [-0.15, -0.1) is 0 Å². The van der Waals surface area contributed by atoms with Crippen LogP contribution in [0.15, 0.2) is 54.6 Å². The lowest BCUT2D eigenvalue weighted by molar-refractivity contribution is -0.115. The summed E-state index contributed by atoms with van der Waals surface area (Å²) in [5.41, 5.74) is 2.30. The number of Topliss-reactive ketones (excluding diaryl/α,β-unsaturated/α-hetero) is 2. The predicted molar refractivity (Wildman–Crippen MR) is 99.5 cm³/mol. The van der Waals surface area contributed by atoms with Crippen LogP contribution in [0.25, 0.3) is 10.9 Å². The molecule has 0 bridgehead atoms. The first-order valence-electron chi connectivity index (χ1n) is 8.42. The fourth-order valence-electron chi connectivity index (χ4n) is 2.95. The van der Waals surface area contributed by atoms with E-state index in [9.17, 15) is 9.59 Å². The average Bonchev–Trinajstić information content (AvgIpc) is 2.69. The van der Waals surface area contributed by atoms with Crippen LogP contribution in [0.3, 0.4) is 0 Å². The van der Waals surface area contributed by atoms with Gasteiger partial charge in [-0.25, -0.2) is 0 Å². The second kappa shape index (κ2) is 7.35. The standard InChI is InChI=1S/C21H20N2O3/c1-3-14-9-10-17-16(11-14)19(26-2)12-20(22)23(17)13-18(24)21(25)15-7-5-4-6-8-15/h4-12,22H,3,13H2,1-2H3. The lowest BCUT2D eigenvalue weighted by atomic mass is 10.1. The van der Waals surface area contributed by atoms with Gasteiger partial charge in [0.2, 0.25) is 11.6 Å². The molecule has 0 saturated heterocycles. The van der Waals surface area contributed by atoms with E-state index >= 15 is 0 Å². The van der Waals surface area contributed by atoms with Crippen LogP contribution in [-0.2, 0) is 17.8 Å². The number of hydrogen-bond acceptors (Lipinski definition) is 4. The molecule has 3 aromatic rings. The van der Waals surface area contributed by atoms with Crippen molar-refractivity contribution >= 4 is 22.5 Å². The zero-order chi connectivity index (χ0) is 18.7. The van der Waals surface area contributed by atoms with Crippen molar-refractivity contribution in [2.45, 2.75) is 19.9 Å². The molecule has 1 N–H and O–H groups in total. The van der Waals surface area contributed by atoms with Crippen LogP contribution < -0.4 is 10.2 Å². The Morgan fingerprint density at radius 3 is 2.46 bits per heavy atom. The van der Waals surface area contributed by atoms with E-state index in [1.165, 1.54) is 0 Å². The summed E-state index contributed by atoms with van der Waals surface area (Å²) in [6.07, 6.45) is 0.868. The first-order chi connectivity index (χ1) is 12.5. The minimum atomic E-state index is -0.555. The number of ether oxygens (including phenoxy) is 1. The summed E-state index contributed by atoms with van der Waals surface area (Å²) in [6.45, 7) is 1.88. The van der Waals surface area contributed by atoms with Crippen LogP contribution in [0.2, 0.25) is 0 Å². The molecular weight excluding hydrogens is 328 g/mol. The number of rotatable bonds is 6. The smallest absolute Gasteiger partial charge is 0.230 e. The normalized spacial score (nSPS) is 10.7. The maximum Gasteiger partial charge on any atom is 0.230 e. The van der Waals surface area contributed by atoms with Gasteiger partial charge in [0, 0.05) is 17.0 Å². The summed E-state index contributed by atoms with van der Waals surface area (Å²) < 4.78 is 6.94. The number of carbonyl (C=O) groups excluding carboxylic acids is 2. The van der Waals surface area contributed by atoms with Crippen LogP contribution in [0.4, 0.5) is 0 Å². The van der Waals surface area contributed by atoms with Crippen LogP contribution in [0.5, 0.6) is 5.75 Å². The molecule has 0 fully saturated rings. The quantitative estimate of drug-likeness (QED) is 0.549. The highest BCUT2D eigenvalue weighted by atomic mass is 16.5. The van der Waals surface area contributed by atoms with E-state index in [-0.39, 0.29) is 12.0 Å². The summed E-state index contributed by atoms with van der Waals surface area (Å²) >= 11 is 0.